The molecule has 0 aliphatic carbocycles. The van der Waals surface area contributed by atoms with Crippen molar-refractivity contribution in [1.82, 2.24) is 9.88 Å². The van der Waals surface area contributed by atoms with Crippen molar-refractivity contribution in [3.05, 3.63) is 88.2 Å². The summed E-state index contributed by atoms with van der Waals surface area (Å²) in [6.45, 7) is 3.63. The van der Waals surface area contributed by atoms with Crippen LogP contribution < -0.4 is 9.47 Å². The summed E-state index contributed by atoms with van der Waals surface area (Å²) in [5.41, 5.74) is 2.83. The third kappa shape index (κ3) is 5.08. The monoisotopic (exact) mass is 446 g/mol. The summed E-state index contributed by atoms with van der Waals surface area (Å²) >= 11 is 1.66. The second-order valence-electron chi connectivity index (χ2n) is 7.43. The number of thiophene rings is 1. The molecule has 0 unspecified atom stereocenters. The average Bonchev–Trinajstić information content (AvgIpc) is 3.35. The van der Waals surface area contributed by atoms with Crippen LogP contribution in [0.3, 0.4) is 0 Å². The minimum atomic E-state index is 0.0719. The van der Waals surface area contributed by atoms with Gasteiger partial charge in [0.05, 0.1) is 19.0 Å². The maximum absolute atomic E-state index is 13.1. The predicted octanol–water partition coefficient (Wildman–Crippen LogP) is 5.48. The van der Waals surface area contributed by atoms with Gasteiger partial charge in [-0.2, -0.15) is 0 Å². The number of amides is 1. The first-order chi connectivity index (χ1) is 15.7. The molecule has 4 rings (SSSR count). The molecule has 0 spiro atoms. The first-order valence-corrected chi connectivity index (χ1v) is 11.5. The molecule has 0 radical (unpaired) electrons. The number of nitrogens with zero attached hydrogens (tertiary/aromatic N) is 2. The highest BCUT2D eigenvalue weighted by atomic mass is 32.1. The largest absolute Gasteiger partial charge is 0.493 e. The lowest BCUT2D eigenvalue weighted by atomic mass is 10.1. The van der Waals surface area contributed by atoms with E-state index < -0.39 is 0 Å². The number of pyridine rings is 1. The van der Waals surface area contributed by atoms with Crippen molar-refractivity contribution < 1.29 is 14.3 Å². The predicted molar refractivity (Wildman–Crippen MR) is 128 cm³/mol. The summed E-state index contributed by atoms with van der Waals surface area (Å²) in [6, 6.07) is 19.8. The SMILES string of the molecule is CCN(Cc1ccc(OCc2cccs2)c(OC)c1)C(=O)Cc1cccc2cccnc12. The van der Waals surface area contributed by atoms with Gasteiger partial charge in [-0.3, -0.25) is 9.78 Å². The van der Waals surface area contributed by atoms with Crippen molar-refractivity contribution in [2.75, 3.05) is 13.7 Å². The van der Waals surface area contributed by atoms with Gasteiger partial charge in [-0.25, -0.2) is 0 Å². The van der Waals surface area contributed by atoms with E-state index in [0.717, 1.165) is 26.9 Å². The Labute approximate surface area is 192 Å². The van der Waals surface area contributed by atoms with E-state index in [1.165, 1.54) is 0 Å². The van der Waals surface area contributed by atoms with Crippen molar-refractivity contribution in [3.8, 4) is 11.5 Å². The van der Waals surface area contributed by atoms with E-state index in [9.17, 15) is 4.79 Å². The molecule has 0 atom stereocenters. The molecule has 0 bridgehead atoms. The van der Waals surface area contributed by atoms with E-state index in [2.05, 4.69) is 4.98 Å². The number of hydrogen-bond donors (Lipinski definition) is 0. The molecule has 2 heterocycles. The maximum atomic E-state index is 13.1. The summed E-state index contributed by atoms with van der Waals surface area (Å²) < 4.78 is 11.5. The molecule has 6 heteroatoms. The van der Waals surface area contributed by atoms with E-state index in [-0.39, 0.29) is 5.91 Å². The second kappa shape index (κ2) is 10.3. The van der Waals surface area contributed by atoms with E-state index in [4.69, 9.17) is 9.47 Å². The van der Waals surface area contributed by atoms with Crippen LogP contribution in [0.1, 0.15) is 22.9 Å². The van der Waals surface area contributed by atoms with E-state index in [0.29, 0.717) is 37.6 Å². The van der Waals surface area contributed by atoms with Crippen molar-refractivity contribution in [2.45, 2.75) is 26.5 Å². The zero-order valence-corrected chi connectivity index (χ0v) is 19.1. The molecule has 0 N–H and O–H groups in total. The smallest absolute Gasteiger partial charge is 0.227 e. The number of benzene rings is 2. The van der Waals surface area contributed by atoms with Gasteiger partial charge in [0.1, 0.15) is 6.61 Å². The molecule has 164 valence electrons. The third-order valence-corrected chi connectivity index (χ3v) is 6.19. The minimum Gasteiger partial charge on any atom is -0.493 e. The van der Waals surface area contributed by atoms with Gasteiger partial charge in [0.2, 0.25) is 5.91 Å². The number of ether oxygens (including phenoxy) is 2. The Hall–Kier alpha value is -3.38. The number of rotatable bonds is 9. The lowest BCUT2D eigenvalue weighted by molar-refractivity contribution is -0.130. The molecular weight excluding hydrogens is 420 g/mol. The molecule has 2 aromatic carbocycles. The van der Waals surface area contributed by atoms with Crippen molar-refractivity contribution in [1.29, 1.82) is 0 Å². The van der Waals surface area contributed by atoms with E-state index in [1.807, 2.05) is 77.9 Å². The number of aromatic nitrogens is 1. The standard InChI is InChI=1S/C26H26N2O3S/c1-3-28(25(29)16-21-8-4-7-20-9-5-13-27-26(20)21)17-19-11-12-23(24(15-19)30-2)31-18-22-10-6-14-32-22/h4-15H,3,16-18H2,1-2H3. The fourth-order valence-electron chi connectivity index (χ4n) is 3.65. The molecule has 0 saturated carbocycles. The molecule has 0 saturated heterocycles. The van der Waals surface area contributed by atoms with Crippen LogP contribution in [-0.2, 0) is 24.4 Å². The summed E-state index contributed by atoms with van der Waals surface area (Å²) in [7, 11) is 1.63. The fourth-order valence-corrected chi connectivity index (χ4v) is 4.27. The topological polar surface area (TPSA) is 51.7 Å². The molecular formula is C26H26N2O3S. The summed E-state index contributed by atoms with van der Waals surface area (Å²) in [5.74, 6) is 1.43. The Bertz CT molecular complexity index is 1190. The molecule has 5 nitrogen and oxygen atoms in total. The van der Waals surface area contributed by atoms with Gasteiger partial charge in [0.15, 0.2) is 11.5 Å². The molecule has 0 aliphatic heterocycles. The van der Waals surface area contributed by atoms with E-state index >= 15 is 0 Å². The average molecular weight is 447 g/mol. The van der Waals surface area contributed by atoms with Crippen molar-refractivity contribution >= 4 is 28.1 Å². The molecule has 0 fully saturated rings. The highest BCUT2D eigenvalue weighted by molar-refractivity contribution is 7.09. The Balaban J connectivity index is 1.45. The molecule has 0 aliphatic rings. The maximum Gasteiger partial charge on any atom is 0.227 e. The highest BCUT2D eigenvalue weighted by Crippen LogP contribution is 2.30. The lowest BCUT2D eigenvalue weighted by Crippen LogP contribution is -2.31. The van der Waals surface area contributed by atoms with E-state index in [1.54, 1.807) is 24.6 Å². The Morgan fingerprint density at radius 3 is 2.72 bits per heavy atom. The number of fused-ring (bicyclic) bond motifs is 1. The first-order valence-electron chi connectivity index (χ1n) is 10.6. The zero-order chi connectivity index (χ0) is 22.3. The minimum absolute atomic E-state index is 0.0719. The highest BCUT2D eigenvalue weighted by Gasteiger charge is 2.16. The van der Waals surface area contributed by atoms with Gasteiger partial charge >= 0.3 is 0 Å². The Kier molecular flexibility index (Phi) is 7.02. The molecule has 2 aromatic heterocycles. The molecule has 4 aromatic rings. The third-order valence-electron chi connectivity index (χ3n) is 5.34. The van der Waals surface area contributed by atoms with Gasteiger partial charge in [0, 0.05) is 29.5 Å². The zero-order valence-electron chi connectivity index (χ0n) is 18.3. The summed E-state index contributed by atoms with van der Waals surface area (Å²) in [4.78, 5) is 20.6. The Morgan fingerprint density at radius 2 is 1.94 bits per heavy atom. The van der Waals surface area contributed by atoms with Gasteiger partial charge in [-0.05, 0) is 47.7 Å². The number of likely N-dealkylation sites (N-methyl/N-ethyl adjacent to an activating group) is 1. The number of para-hydroxylation sites is 1. The quantitative estimate of drug-likeness (QED) is 0.342. The Morgan fingerprint density at radius 1 is 1.06 bits per heavy atom. The van der Waals surface area contributed by atoms with Crippen LogP contribution in [0.2, 0.25) is 0 Å². The summed E-state index contributed by atoms with van der Waals surface area (Å²) in [6.07, 6.45) is 2.09. The van der Waals surface area contributed by atoms with Gasteiger partial charge in [-0.1, -0.05) is 36.4 Å². The number of methoxy groups -OCH3 is 1. The second-order valence-corrected chi connectivity index (χ2v) is 8.46. The van der Waals surface area contributed by atoms with Crippen LogP contribution in [0.15, 0.2) is 72.2 Å². The normalized spacial score (nSPS) is 10.8. The van der Waals surface area contributed by atoms with Gasteiger partial charge in [-0.15, -0.1) is 11.3 Å². The molecule has 1 amide bonds. The van der Waals surface area contributed by atoms with Gasteiger partial charge in [0.25, 0.3) is 0 Å². The van der Waals surface area contributed by atoms with Crippen LogP contribution in [0, 0.1) is 0 Å². The fraction of sp³-hybridized carbons (Fsp3) is 0.231. The van der Waals surface area contributed by atoms with Crippen LogP contribution >= 0.6 is 11.3 Å². The van der Waals surface area contributed by atoms with Crippen LogP contribution in [0.5, 0.6) is 11.5 Å². The van der Waals surface area contributed by atoms with Gasteiger partial charge < -0.3 is 14.4 Å². The number of carbonyl (C=O) groups excluding carboxylic acids is 1. The summed E-state index contributed by atoms with van der Waals surface area (Å²) in [5, 5.41) is 3.08. The number of hydrogen-bond acceptors (Lipinski definition) is 5. The molecule has 32 heavy (non-hydrogen) atoms. The van der Waals surface area contributed by atoms with Crippen LogP contribution in [-0.4, -0.2) is 29.4 Å². The van der Waals surface area contributed by atoms with Crippen molar-refractivity contribution in [2.24, 2.45) is 0 Å². The van der Waals surface area contributed by atoms with Crippen molar-refractivity contribution in [3.63, 3.8) is 0 Å². The van der Waals surface area contributed by atoms with Crippen LogP contribution in [0.25, 0.3) is 10.9 Å². The lowest BCUT2D eigenvalue weighted by Gasteiger charge is -2.22. The first kappa shape index (κ1) is 21.8. The number of carbonyl (C=O) groups is 1. The van der Waals surface area contributed by atoms with Crippen LogP contribution in [0.4, 0.5) is 0 Å².